The van der Waals surface area contributed by atoms with Crippen molar-refractivity contribution < 1.29 is 23.9 Å². The number of hydrogen-bond donors (Lipinski definition) is 4. The van der Waals surface area contributed by atoms with Gasteiger partial charge in [-0.15, -0.1) is 0 Å². The minimum atomic E-state index is -0.716. The molecule has 6 aromatic carbocycles. The third-order valence-electron chi connectivity index (χ3n) is 20.8. The molecular formula is C87H97N19O5. The third kappa shape index (κ3) is 19.4. The van der Waals surface area contributed by atoms with Crippen LogP contribution in [-0.2, 0) is 69.8 Å². The molecule has 111 heavy (non-hydrogen) atoms. The summed E-state index contributed by atoms with van der Waals surface area (Å²) in [6.07, 6.45) is 14.4. The lowest BCUT2D eigenvalue weighted by Gasteiger charge is -2.34. The van der Waals surface area contributed by atoms with Crippen LogP contribution in [0.2, 0.25) is 0 Å². The van der Waals surface area contributed by atoms with Gasteiger partial charge in [-0.1, -0.05) is 86.5 Å². The number of rotatable bonds is 23. The largest absolute Gasteiger partial charge is 0.496 e. The summed E-state index contributed by atoms with van der Waals surface area (Å²) in [5, 5.41) is 9.43. The quantitative estimate of drug-likeness (QED) is 0.0435. The summed E-state index contributed by atoms with van der Waals surface area (Å²) in [5.74, 6) is 2.96. The van der Waals surface area contributed by atoms with Gasteiger partial charge in [0.1, 0.15) is 40.2 Å². The molecule has 3 saturated heterocycles. The highest BCUT2D eigenvalue weighted by atomic mass is 16.5. The molecule has 0 atom stereocenters. The van der Waals surface area contributed by atoms with Crippen molar-refractivity contribution in [2.45, 2.75) is 64.5 Å². The second-order valence-electron chi connectivity index (χ2n) is 29.1. The summed E-state index contributed by atoms with van der Waals surface area (Å²) in [6, 6.07) is 48.9. The predicted octanol–water partition coefficient (Wildman–Crippen LogP) is 11.3. The van der Waals surface area contributed by atoms with E-state index < -0.39 is 5.41 Å². The van der Waals surface area contributed by atoms with Crippen LogP contribution in [-0.4, -0.2) is 190 Å². The average Bonchev–Trinajstić information content (AvgIpc) is 1.59. The Balaban J connectivity index is 0.000000146. The van der Waals surface area contributed by atoms with Crippen LogP contribution in [0.3, 0.4) is 0 Å². The van der Waals surface area contributed by atoms with Crippen molar-refractivity contribution in [3.63, 3.8) is 0 Å². The molecule has 0 radical (unpaired) electrons. The molecule has 24 nitrogen and oxygen atoms in total. The minimum Gasteiger partial charge on any atom is -0.496 e. The molecule has 0 spiro atoms. The molecule has 0 saturated carbocycles. The van der Waals surface area contributed by atoms with E-state index in [2.05, 4.69) is 179 Å². The van der Waals surface area contributed by atoms with E-state index in [4.69, 9.17) is 24.7 Å². The SMILES string of the molecule is C=CC(=O)Nc1cccc(CCc2nc(Cc3ccc(N4CCN(C)CC4)cc3OC)nc3[nH]ccc23)c1.C=CC(=O)Nc1cccc(CN2C(=O)C(C)(C)c3cnc(Cc4ccc(N5CCN(C)CC5)cc4)nc32)c1.C=CC(=O)Nc1cccc(Cn2cnc3cnc(Cc4ccc(N5CCN(C)CC5)cc4)nc32)c1. The Morgan fingerprint density at radius 1 is 0.514 bits per heavy atom. The van der Waals surface area contributed by atoms with Crippen LogP contribution in [0.5, 0.6) is 5.75 Å². The van der Waals surface area contributed by atoms with Crippen LogP contribution >= 0.6 is 0 Å². The van der Waals surface area contributed by atoms with Gasteiger partial charge < -0.3 is 59.6 Å². The van der Waals surface area contributed by atoms with Gasteiger partial charge in [0.15, 0.2) is 5.65 Å². The van der Waals surface area contributed by atoms with Gasteiger partial charge in [-0.05, 0) is 167 Å². The summed E-state index contributed by atoms with van der Waals surface area (Å²) in [4.78, 5) is 101. The van der Waals surface area contributed by atoms with Gasteiger partial charge in [0.05, 0.1) is 43.8 Å². The highest BCUT2D eigenvalue weighted by molar-refractivity contribution is 6.06. The van der Waals surface area contributed by atoms with Crippen LogP contribution in [0.1, 0.15) is 76.0 Å². The fourth-order valence-electron chi connectivity index (χ4n) is 14.2. The summed E-state index contributed by atoms with van der Waals surface area (Å²) >= 11 is 0. The zero-order chi connectivity index (χ0) is 77.5. The number of anilines is 7. The lowest BCUT2D eigenvalue weighted by atomic mass is 9.88. The predicted molar refractivity (Wildman–Crippen MR) is 441 cm³/mol. The molecule has 9 heterocycles. The summed E-state index contributed by atoms with van der Waals surface area (Å²) < 4.78 is 7.79. The van der Waals surface area contributed by atoms with E-state index in [1.165, 1.54) is 40.9 Å². The monoisotopic (exact) mass is 1490 g/mol. The zero-order valence-electron chi connectivity index (χ0n) is 64.2. The second kappa shape index (κ2) is 35.4. The zero-order valence-corrected chi connectivity index (χ0v) is 64.2. The van der Waals surface area contributed by atoms with Gasteiger partial charge in [0, 0.05) is 167 Å². The summed E-state index contributed by atoms with van der Waals surface area (Å²) in [7, 11) is 8.22. The molecule has 4 aliphatic heterocycles. The van der Waals surface area contributed by atoms with Crippen molar-refractivity contribution in [2.75, 3.05) is 142 Å². The maximum absolute atomic E-state index is 13.4. The van der Waals surface area contributed by atoms with E-state index in [9.17, 15) is 19.2 Å². The Bertz CT molecular complexity index is 5150. The van der Waals surface area contributed by atoms with E-state index >= 15 is 0 Å². The molecule has 3 fully saturated rings. The van der Waals surface area contributed by atoms with Crippen molar-refractivity contribution >= 4 is 85.8 Å². The molecule has 5 aromatic heterocycles. The van der Waals surface area contributed by atoms with Gasteiger partial charge in [0.2, 0.25) is 23.6 Å². The minimum absolute atomic E-state index is 0.0176. The lowest BCUT2D eigenvalue weighted by molar-refractivity contribution is -0.122. The number of fused-ring (bicyclic) bond motifs is 3. The van der Waals surface area contributed by atoms with Crippen LogP contribution in [0.4, 0.5) is 39.9 Å². The van der Waals surface area contributed by atoms with Crippen molar-refractivity contribution in [1.82, 2.24) is 59.1 Å². The molecular weight excluding hydrogens is 1390 g/mol. The first-order chi connectivity index (χ1) is 53.8. The van der Waals surface area contributed by atoms with E-state index in [1.54, 1.807) is 30.7 Å². The molecule has 11 aromatic rings. The molecule has 15 rings (SSSR count). The number of ether oxygens (including phenoxy) is 1. The maximum Gasteiger partial charge on any atom is 0.247 e. The van der Waals surface area contributed by atoms with Crippen LogP contribution < -0.4 is 40.3 Å². The van der Waals surface area contributed by atoms with Crippen molar-refractivity contribution in [2.24, 2.45) is 0 Å². The average molecular weight is 1490 g/mol. The standard InChI is InChI=1S/2C30H34N6O2.C27H29N7O/c1-5-27(37)32-23-8-6-7-22(17-23)20-36-28-25(30(2,3)29(36)38)19-31-26(33-28)18-21-9-11-24(12-10-21)35-15-13-34(4)14-16-35;1-4-29(37)32-23-7-5-6-21(18-23)8-11-26-25-12-13-31-30(25)34-28(33-26)19-22-9-10-24(20-27(22)38-3)36-16-14-35(2)15-17-36;1-3-26(35)30-22-6-4-5-21(15-22)18-34-19-29-24-17-28-25(31-27(24)34)16-20-7-9-23(10-8-20)33-13-11-32(2)12-14-33/h5-12,17,19H,1,13-16,18,20H2,2-4H3,(H,32,37);4-7,9-10,12-13,18,20H,1,8,11,14-17,19H2,2-3H3,(H,32,37)(H,31,33,34);3-10,15,17,19H,1,11-14,16,18H2,2H3,(H,30,35). The Kier molecular flexibility index (Phi) is 24.5. The summed E-state index contributed by atoms with van der Waals surface area (Å²) in [5.41, 5.74) is 15.8. The van der Waals surface area contributed by atoms with E-state index in [-0.39, 0.29) is 23.6 Å². The number of nitrogens with zero attached hydrogens (tertiary/aromatic N) is 15. The number of carbonyl (C=O) groups is 4. The van der Waals surface area contributed by atoms with Crippen LogP contribution in [0.25, 0.3) is 22.2 Å². The normalized spacial score (nSPS) is 15.1. The van der Waals surface area contributed by atoms with Gasteiger partial charge >= 0.3 is 0 Å². The number of aryl methyl sites for hydroxylation is 2. The Hall–Kier alpha value is -12.3. The number of piperazine rings is 3. The summed E-state index contributed by atoms with van der Waals surface area (Å²) in [6.45, 7) is 27.9. The molecule has 0 aliphatic carbocycles. The van der Waals surface area contributed by atoms with E-state index in [1.807, 2.05) is 97.4 Å². The number of likely N-dealkylation sites (N-methyl/N-ethyl adjacent to an activating group) is 3. The van der Waals surface area contributed by atoms with Crippen molar-refractivity contribution in [3.05, 3.63) is 271 Å². The molecule has 4 amide bonds. The van der Waals surface area contributed by atoms with Crippen molar-refractivity contribution in [1.29, 1.82) is 0 Å². The number of hydrogen-bond acceptors (Lipinski definition) is 18. The number of aromatic nitrogens is 9. The number of amides is 4. The first kappa shape index (κ1) is 76.9. The highest BCUT2D eigenvalue weighted by Gasteiger charge is 2.45. The van der Waals surface area contributed by atoms with Gasteiger partial charge in [-0.2, -0.15) is 0 Å². The second-order valence-corrected chi connectivity index (χ2v) is 29.1. The Labute approximate surface area is 648 Å². The number of carbonyl (C=O) groups excluding carboxylic acids is 4. The van der Waals surface area contributed by atoms with Crippen LogP contribution in [0.15, 0.2) is 208 Å². The molecule has 4 aliphatic rings. The number of methoxy groups -OCH3 is 1. The van der Waals surface area contributed by atoms with Gasteiger partial charge in [-0.3, -0.25) is 24.1 Å². The molecule has 24 heteroatoms. The molecule has 570 valence electrons. The Morgan fingerprint density at radius 2 is 1.01 bits per heavy atom. The number of nitrogens with one attached hydrogen (secondary N) is 4. The first-order valence-electron chi connectivity index (χ1n) is 37.7. The van der Waals surface area contributed by atoms with Crippen molar-refractivity contribution in [3.8, 4) is 5.75 Å². The highest BCUT2D eigenvalue weighted by Crippen LogP contribution is 2.41. The van der Waals surface area contributed by atoms with Crippen LogP contribution in [0, 0.1) is 0 Å². The number of H-pyrrole nitrogens is 1. The Morgan fingerprint density at radius 3 is 1.55 bits per heavy atom. The fraction of sp³-hybridized carbons (Fsp3) is 0.299. The van der Waals surface area contributed by atoms with E-state index in [0.717, 1.165) is 181 Å². The number of imidazole rings is 1. The number of benzene rings is 6. The van der Waals surface area contributed by atoms with Gasteiger partial charge in [0.25, 0.3) is 0 Å². The fourth-order valence-corrected chi connectivity index (χ4v) is 14.2. The van der Waals surface area contributed by atoms with Gasteiger partial charge in [-0.25, -0.2) is 34.9 Å². The first-order valence-corrected chi connectivity index (χ1v) is 37.7. The third-order valence-corrected chi connectivity index (χ3v) is 20.8. The molecule has 0 bridgehead atoms. The van der Waals surface area contributed by atoms with E-state index in [0.29, 0.717) is 49.7 Å². The molecule has 4 N–H and O–H groups in total. The smallest absolute Gasteiger partial charge is 0.247 e. The number of aromatic amines is 1. The maximum atomic E-state index is 13.4. The lowest BCUT2D eigenvalue weighted by Crippen LogP contribution is -2.44. The molecule has 0 unspecified atom stereocenters. The topological polar surface area (TPSA) is 247 Å².